The number of benzene rings is 2. The lowest BCUT2D eigenvalue weighted by Gasteiger charge is -2.23. The molecule has 11 heteroatoms. The van der Waals surface area contributed by atoms with Gasteiger partial charge in [0.15, 0.2) is 11.5 Å². The largest absolute Gasteiger partial charge is 0.497 e. The van der Waals surface area contributed by atoms with Gasteiger partial charge < -0.3 is 29.7 Å². The van der Waals surface area contributed by atoms with Crippen molar-refractivity contribution in [3.8, 4) is 17.2 Å². The van der Waals surface area contributed by atoms with Gasteiger partial charge in [-0.25, -0.2) is 0 Å². The lowest BCUT2D eigenvalue weighted by atomic mass is 10.2. The smallest absolute Gasteiger partial charge is 0.240 e. The van der Waals surface area contributed by atoms with Crippen molar-refractivity contribution in [2.75, 3.05) is 42.2 Å². The first kappa shape index (κ1) is 25.5. The molecule has 36 heavy (non-hydrogen) atoms. The molecule has 1 heterocycles. The van der Waals surface area contributed by atoms with Crippen LogP contribution in [0.3, 0.4) is 0 Å². The average Bonchev–Trinajstić information content (AvgIpc) is 3.54. The molecule has 4 rings (SSSR count). The van der Waals surface area contributed by atoms with Crippen LogP contribution < -0.4 is 29.7 Å². The van der Waals surface area contributed by atoms with Gasteiger partial charge in [0.05, 0.1) is 7.11 Å². The van der Waals surface area contributed by atoms with E-state index in [0.29, 0.717) is 28.6 Å². The third-order valence-electron chi connectivity index (χ3n) is 5.94. The minimum Gasteiger partial charge on any atom is -0.497 e. The summed E-state index contributed by atoms with van der Waals surface area (Å²) in [4.78, 5) is 39.5. The monoisotopic (exact) mass is 515 g/mol. The summed E-state index contributed by atoms with van der Waals surface area (Å²) in [5, 5.41) is 5.62. The maximum Gasteiger partial charge on any atom is 0.240 e. The van der Waals surface area contributed by atoms with Crippen LogP contribution in [0.15, 0.2) is 42.5 Å². The van der Waals surface area contributed by atoms with Gasteiger partial charge in [0, 0.05) is 34.3 Å². The summed E-state index contributed by atoms with van der Waals surface area (Å²) >= 11 is 0. The van der Waals surface area contributed by atoms with Crippen LogP contribution in [0, 0.1) is 0 Å². The molecule has 0 saturated heterocycles. The van der Waals surface area contributed by atoms with Gasteiger partial charge in [-0.05, 0) is 49.2 Å². The van der Waals surface area contributed by atoms with Crippen LogP contribution in [0.1, 0.15) is 25.7 Å². The Morgan fingerprint density at radius 3 is 2.44 bits per heavy atom. The fraction of sp³-hybridized carbons (Fsp3) is 0.400. The molecule has 1 fully saturated rings. The Kier molecular flexibility index (Phi) is 8.42. The van der Waals surface area contributed by atoms with E-state index in [9.17, 15) is 18.6 Å². The SMILES string of the molecule is COc1ccc(N(CC(=O)NC2CCCC2)C(=O)CS(=O)CC(=O)Nc2ccc3c(c2)OCO3)cc1. The second kappa shape index (κ2) is 11.9. The number of nitrogens with zero attached hydrogens (tertiary/aromatic N) is 1. The van der Waals surface area contributed by atoms with Crippen LogP contribution >= 0.6 is 0 Å². The molecule has 0 spiro atoms. The Balaban J connectivity index is 1.36. The van der Waals surface area contributed by atoms with Gasteiger partial charge in [-0.15, -0.1) is 0 Å². The summed E-state index contributed by atoms with van der Waals surface area (Å²) in [6.45, 7) is -0.0928. The first-order chi connectivity index (χ1) is 17.4. The van der Waals surface area contributed by atoms with Crippen LogP contribution in [-0.2, 0) is 25.2 Å². The van der Waals surface area contributed by atoms with Crippen LogP contribution in [-0.4, -0.2) is 59.9 Å². The number of carbonyl (C=O) groups is 3. The number of carbonyl (C=O) groups excluding carboxylic acids is 3. The van der Waals surface area contributed by atoms with Gasteiger partial charge in [-0.3, -0.25) is 18.6 Å². The zero-order chi connectivity index (χ0) is 25.5. The van der Waals surface area contributed by atoms with Crippen molar-refractivity contribution in [3.63, 3.8) is 0 Å². The first-order valence-corrected chi connectivity index (χ1v) is 13.2. The van der Waals surface area contributed by atoms with Crippen LogP contribution in [0.5, 0.6) is 17.2 Å². The van der Waals surface area contributed by atoms with E-state index in [1.807, 2.05) is 0 Å². The zero-order valence-corrected chi connectivity index (χ0v) is 20.8. The van der Waals surface area contributed by atoms with Gasteiger partial charge in [-0.1, -0.05) is 12.8 Å². The molecule has 2 aliphatic rings. The zero-order valence-electron chi connectivity index (χ0n) is 20.0. The Bertz CT molecular complexity index is 1130. The lowest BCUT2D eigenvalue weighted by Crippen LogP contribution is -2.45. The molecule has 0 bridgehead atoms. The molecule has 2 N–H and O–H groups in total. The molecule has 2 aromatic carbocycles. The molecule has 192 valence electrons. The second-order valence-electron chi connectivity index (χ2n) is 8.57. The fourth-order valence-electron chi connectivity index (χ4n) is 4.16. The predicted octanol–water partition coefficient (Wildman–Crippen LogP) is 2.20. The number of ether oxygens (including phenoxy) is 3. The number of fused-ring (bicyclic) bond motifs is 1. The standard InChI is InChI=1S/C25H29N3O7S/c1-33-20-9-7-19(8-10-20)28(13-23(29)26-17-4-2-3-5-17)25(31)15-36(32)14-24(30)27-18-6-11-21-22(12-18)35-16-34-21/h6-12,17H,2-5,13-16H2,1H3,(H,26,29)(H,27,30). The second-order valence-corrected chi connectivity index (χ2v) is 10.0. The number of hydrogen-bond donors (Lipinski definition) is 2. The van der Waals surface area contributed by atoms with Crippen LogP contribution in [0.2, 0.25) is 0 Å². The van der Waals surface area contributed by atoms with E-state index in [2.05, 4.69) is 10.6 Å². The number of methoxy groups -OCH3 is 1. The van der Waals surface area contributed by atoms with Gasteiger partial charge in [-0.2, -0.15) is 0 Å². The highest BCUT2D eigenvalue weighted by molar-refractivity contribution is 7.86. The predicted molar refractivity (Wildman–Crippen MR) is 135 cm³/mol. The quantitative estimate of drug-likeness (QED) is 0.497. The highest BCUT2D eigenvalue weighted by Crippen LogP contribution is 2.34. The Morgan fingerprint density at radius 1 is 1.00 bits per heavy atom. The molecule has 1 atom stereocenters. The molecular formula is C25H29N3O7S. The molecule has 3 amide bonds. The fourth-order valence-corrected chi connectivity index (χ4v) is 5.05. The van der Waals surface area contributed by atoms with E-state index < -0.39 is 28.4 Å². The molecule has 1 aliphatic carbocycles. The molecule has 0 radical (unpaired) electrons. The first-order valence-electron chi connectivity index (χ1n) is 11.7. The maximum atomic E-state index is 13.1. The van der Waals surface area contributed by atoms with E-state index in [1.54, 1.807) is 42.5 Å². The molecule has 2 aromatic rings. The van der Waals surface area contributed by atoms with Crippen molar-refractivity contribution >= 4 is 39.9 Å². The summed E-state index contributed by atoms with van der Waals surface area (Å²) < 4.78 is 28.4. The third-order valence-corrected chi connectivity index (χ3v) is 7.09. The van der Waals surface area contributed by atoms with Crippen molar-refractivity contribution in [3.05, 3.63) is 42.5 Å². The Morgan fingerprint density at radius 2 is 1.72 bits per heavy atom. The summed E-state index contributed by atoms with van der Waals surface area (Å²) in [5.74, 6) is -0.385. The van der Waals surface area contributed by atoms with Gasteiger partial charge in [0.2, 0.25) is 24.5 Å². The van der Waals surface area contributed by atoms with Crippen molar-refractivity contribution < 1.29 is 32.8 Å². The summed E-state index contributed by atoms with van der Waals surface area (Å²) in [7, 11) is -0.255. The van der Waals surface area contributed by atoms with Crippen LogP contribution in [0.25, 0.3) is 0 Å². The summed E-state index contributed by atoms with van der Waals surface area (Å²) in [5.41, 5.74) is 0.945. The molecular weight excluding hydrogens is 486 g/mol. The van der Waals surface area contributed by atoms with Crippen LogP contribution in [0.4, 0.5) is 11.4 Å². The molecule has 0 aromatic heterocycles. The van der Waals surface area contributed by atoms with Gasteiger partial charge >= 0.3 is 0 Å². The Hall–Kier alpha value is -3.60. The third kappa shape index (κ3) is 6.75. The van der Waals surface area contributed by atoms with E-state index >= 15 is 0 Å². The molecule has 1 unspecified atom stereocenters. The number of nitrogens with one attached hydrogen (secondary N) is 2. The van der Waals surface area contributed by atoms with Gasteiger partial charge in [0.1, 0.15) is 23.8 Å². The van der Waals surface area contributed by atoms with E-state index in [1.165, 1.54) is 12.0 Å². The molecule has 1 saturated carbocycles. The Labute approximate surface area is 211 Å². The number of rotatable bonds is 10. The van der Waals surface area contributed by atoms with Crippen molar-refractivity contribution in [2.24, 2.45) is 0 Å². The van der Waals surface area contributed by atoms with E-state index in [0.717, 1.165) is 25.7 Å². The number of amides is 3. The average molecular weight is 516 g/mol. The topological polar surface area (TPSA) is 123 Å². The maximum absolute atomic E-state index is 13.1. The lowest BCUT2D eigenvalue weighted by molar-refractivity contribution is -0.123. The van der Waals surface area contributed by atoms with Crippen molar-refractivity contribution in [1.29, 1.82) is 0 Å². The molecule has 1 aliphatic heterocycles. The van der Waals surface area contributed by atoms with E-state index in [4.69, 9.17) is 14.2 Å². The normalized spacial score (nSPS) is 15.2. The highest BCUT2D eigenvalue weighted by atomic mass is 32.2. The van der Waals surface area contributed by atoms with Crippen molar-refractivity contribution in [2.45, 2.75) is 31.7 Å². The minimum absolute atomic E-state index is 0.110. The van der Waals surface area contributed by atoms with Gasteiger partial charge in [0.25, 0.3) is 0 Å². The number of hydrogen-bond acceptors (Lipinski definition) is 7. The van der Waals surface area contributed by atoms with Crippen molar-refractivity contribution in [1.82, 2.24) is 5.32 Å². The highest BCUT2D eigenvalue weighted by Gasteiger charge is 2.25. The van der Waals surface area contributed by atoms with E-state index in [-0.39, 0.29) is 31.0 Å². The molecule has 10 nitrogen and oxygen atoms in total. The minimum atomic E-state index is -1.79. The summed E-state index contributed by atoms with van der Waals surface area (Å²) in [6.07, 6.45) is 3.98. The summed E-state index contributed by atoms with van der Waals surface area (Å²) in [6, 6.07) is 11.7. The number of anilines is 2.